The van der Waals surface area contributed by atoms with Gasteiger partial charge in [-0.1, -0.05) is 44.5 Å². The molecular formula is C22H31ClN4O2. The fourth-order valence-electron chi connectivity index (χ4n) is 3.52. The molecule has 2 N–H and O–H groups in total. The molecule has 2 heterocycles. The molecule has 3 rings (SSSR count). The first-order valence-electron chi connectivity index (χ1n) is 10.1. The molecule has 0 saturated carbocycles. The molecule has 1 aliphatic heterocycles. The van der Waals surface area contributed by atoms with Crippen molar-refractivity contribution in [3.63, 3.8) is 0 Å². The van der Waals surface area contributed by atoms with Crippen LogP contribution in [0.1, 0.15) is 50.8 Å². The Kier molecular flexibility index (Phi) is 6.85. The lowest BCUT2D eigenvalue weighted by molar-refractivity contribution is 0.0514. The number of oxazole rings is 1. The van der Waals surface area contributed by atoms with Crippen LogP contribution >= 0.6 is 11.6 Å². The van der Waals surface area contributed by atoms with Crippen LogP contribution in [0.25, 0.3) is 0 Å². The Hall–Kier alpha value is -2.05. The van der Waals surface area contributed by atoms with E-state index in [0.717, 1.165) is 43.4 Å². The molecular weight excluding hydrogens is 388 g/mol. The highest BCUT2D eigenvalue weighted by Gasteiger charge is 2.34. The van der Waals surface area contributed by atoms with Gasteiger partial charge in [-0.05, 0) is 30.5 Å². The molecule has 0 unspecified atom stereocenters. The van der Waals surface area contributed by atoms with E-state index in [2.05, 4.69) is 53.5 Å². The van der Waals surface area contributed by atoms with Crippen LogP contribution in [0.2, 0.25) is 5.02 Å². The smallest absolute Gasteiger partial charge is 0.213 e. The van der Waals surface area contributed by atoms with E-state index in [1.165, 1.54) is 5.56 Å². The van der Waals surface area contributed by atoms with Crippen molar-refractivity contribution in [1.29, 1.82) is 0 Å². The van der Waals surface area contributed by atoms with Crippen molar-refractivity contribution in [1.82, 2.24) is 15.6 Å². The van der Waals surface area contributed by atoms with Crippen molar-refractivity contribution in [2.24, 2.45) is 4.99 Å². The fourth-order valence-corrected chi connectivity index (χ4v) is 3.71. The number of hydrogen-bond donors (Lipinski definition) is 2. The molecule has 0 amide bonds. The van der Waals surface area contributed by atoms with Crippen molar-refractivity contribution in [3.05, 3.63) is 52.7 Å². The van der Waals surface area contributed by atoms with Crippen LogP contribution in [-0.2, 0) is 22.1 Å². The Bertz CT molecular complexity index is 835. The van der Waals surface area contributed by atoms with E-state index in [-0.39, 0.29) is 10.8 Å². The Balaban J connectivity index is 1.64. The number of nitrogens with one attached hydrogen (secondary N) is 2. The Morgan fingerprint density at radius 2 is 2.00 bits per heavy atom. The van der Waals surface area contributed by atoms with Gasteiger partial charge in [-0.2, -0.15) is 0 Å². The van der Waals surface area contributed by atoms with Crippen molar-refractivity contribution in [2.45, 2.75) is 51.0 Å². The molecule has 0 spiro atoms. The molecule has 29 heavy (non-hydrogen) atoms. The maximum absolute atomic E-state index is 6.26. The molecule has 1 aromatic carbocycles. The molecule has 1 saturated heterocycles. The molecule has 1 aromatic heterocycles. The number of aliphatic imine (C=N–C) groups is 1. The number of halogens is 1. The number of aromatic nitrogens is 1. The number of benzene rings is 1. The van der Waals surface area contributed by atoms with Gasteiger partial charge in [0.2, 0.25) is 5.89 Å². The second-order valence-electron chi connectivity index (χ2n) is 8.55. The normalized spacial score (nSPS) is 17.2. The van der Waals surface area contributed by atoms with E-state index in [9.17, 15) is 0 Å². The number of nitrogens with zero attached hydrogens (tertiary/aromatic N) is 2. The predicted molar refractivity (Wildman–Crippen MR) is 117 cm³/mol. The zero-order chi connectivity index (χ0) is 20.9. The molecule has 158 valence electrons. The van der Waals surface area contributed by atoms with Crippen LogP contribution in [0.5, 0.6) is 0 Å². The van der Waals surface area contributed by atoms with Gasteiger partial charge in [0.15, 0.2) is 5.96 Å². The predicted octanol–water partition coefficient (Wildman–Crippen LogP) is 4.04. The van der Waals surface area contributed by atoms with E-state index in [4.69, 9.17) is 20.8 Å². The Labute approximate surface area is 178 Å². The third-order valence-electron chi connectivity index (χ3n) is 5.40. The second-order valence-corrected chi connectivity index (χ2v) is 8.99. The molecule has 6 nitrogen and oxygen atoms in total. The Morgan fingerprint density at radius 1 is 1.24 bits per heavy atom. The standard InChI is InChI=1S/C22H31ClN4O2/c1-21(2,3)18-13-25-19(29-18)14-26-20(24-4)27-15-22(8-10-28-11-9-22)16-6-5-7-17(23)12-16/h5-7,12-13H,8-11,14-15H2,1-4H3,(H2,24,26,27). The summed E-state index contributed by atoms with van der Waals surface area (Å²) in [7, 11) is 1.77. The lowest BCUT2D eigenvalue weighted by Crippen LogP contribution is -2.48. The molecule has 0 radical (unpaired) electrons. The molecule has 0 aliphatic carbocycles. The van der Waals surface area contributed by atoms with Crippen LogP contribution in [0.4, 0.5) is 0 Å². The molecule has 1 fully saturated rings. The summed E-state index contributed by atoms with van der Waals surface area (Å²) < 4.78 is 11.5. The van der Waals surface area contributed by atoms with Crippen LogP contribution < -0.4 is 10.6 Å². The first-order chi connectivity index (χ1) is 13.8. The molecule has 2 aromatic rings. The molecule has 0 bridgehead atoms. The van der Waals surface area contributed by atoms with Crippen molar-refractivity contribution in [2.75, 3.05) is 26.8 Å². The average molecular weight is 419 g/mol. The molecule has 0 atom stereocenters. The zero-order valence-corrected chi connectivity index (χ0v) is 18.5. The highest BCUT2D eigenvalue weighted by atomic mass is 35.5. The number of rotatable bonds is 5. The highest BCUT2D eigenvalue weighted by molar-refractivity contribution is 6.30. The van der Waals surface area contributed by atoms with E-state index in [0.29, 0.717) is 18.4 Å². The van der Waals surface area contributed by atoms with Crippen molar-refractivity contribution in [3.8, 4) is 0 Å². The summed E-state index contributed by atoms with van der Waals surface area (Å²) in [5.74, 6) is 2.24. The Morgan fingerprint density at radius 3 is 2.62 bits per heavy atom. The van der Waals surface area contributed by atoms with Gasteiger partial charge in [0.05, 0.1) is 12.7 Å². The summed E-state index contributed by atoms with van der Waals surface area (Å²) in [6, 6.07) is 8.13. The summed E-state index contributed by atoms with van der Waals surface area (Å²) >= 11 is 6.26. The van der Waals surface area contributed by atoms with Crippen molar-refractivity contribution >= 4 is 17.6 Å². The largest absolute Gasteiger partial charge is 0.443 e. The maximum atomic E-state index is 6.26. The van der Waals surface area contributed by atoms with E-state index in [1.54, 1.807) is 13.2 Å². The number of hydrogen-bond acceptors (Lipinski definition) is 4. The second kappa shape index (κ2) is 9.18. The van der Waals surface area contributed by atoms with E-state index < -0.39 is 0 Å². The van der Waals surface area contributed by atoms with Gasteiger partial charge < -0.3 is 19.8 Å². The summed E-state index contributed by atoms with van der Waals surface area (Å²) in [5, 5.41) is 7.53. The first-order valence-corrected chi connectivity index (χ1v) is 10.4. The lowest BCUT2D eigenvalue weighted by Gasteiger charge is -2.38. The minimum absolute atomic E-state index is 0.0386. The fraction of sp³-hybridized carbons (Fsp3) is 0.545. The summed E-state index contributed by atoms with van der Waals surface area (Å²) in [6.45, 7) is 9.02. The van der Waals surface area contributed by atoms with Crippen LogP contribution in [0.15, 0.2) is 39.9 Å². The topological polar surface area (TPSA) is 71.7 Å². The maximum Gasteiger partial charge on any atom is 0.213 e. The third kappa shape index (κ3) is 5.52. The van der Waals surface area contributed by atoms with Gasteiger partial charge in [0.25, 0.3) is 0 Å². The van der Waals surface area contributed by atoms with Gasteiger partial charge in [0.1, 0.15) is 5.76 Å². The van der Waals surface area contributed by atoms with Gasteiger partial charge in [-0.3, -0.25) is 4.99 Å². The quantitative estimate of drug-likeness (QED) is 0.566. The number of ether oxygens (including phenoxy) is 1. The summed E-state index contributed by atoms with van der Waals surface area (Å²) in [6.07, 6.45) is 3.67. The van der Waals surface area contributed by atoms with Gasteiger partial charge in [-0.15, -0.1) is 0 Å². The molecule has 7 heteroatoms. The van der Waals surface area contributed by atoms with Gasteiger partial charge in [0, 0.05) is 42.7 Å². The van der Waals surface area contributed by atoms with Crippen LogP contribution in [0.3, 0.4) is 0 Å². The SMILES string of the molecule is CN=C(NCc1ncc(C(C)(C)C)o1)NCC1(c2cccc(Cl)c2)CCOCC1. The van der Waals surface area contributed by atoms with Crippen LogP contribution in [0, 0.1) is 0 Å². The van der Waals surface area contributed by atoms with Gasteiger partial charge >= 0.3 is 0 Å². The third-order valence-corrected chi connectivity index (χ3v) is 5.64. The zero-order valence-electron chi connectivity index (χ0n) is 17.7. The van der Waals surface area contributed by atoms with E-state index in [1.807, 2.05) is 12.1 Å². The van der Waals surface area contributed by atoms with E-state index >= 15 is 0 Å². The van der Waals surface area contributed by atoms with Crippen molar-refractivity contribution < 1.29 is 9.15 Å². The highest BCUT2D eigenvalue weighted by Crippen LogP contribution is 2.35. The monoisotopic (exact) mass is 418 g/mol. The average Bonchev–Trinajstić information content (AvgIpc) is 3.18. The van der Waals surface area contributed by atoms with Crippen LogP contribution in [-0.4, -0.2) is 37.7 Å². The minimum Gasteiger partial charge on any atom is -0.443 e. The van der Waals surface area contributed by atoms with Gasteiger partial charge in [-0.25, -0.2) is 4.98 Å². The summed E-state index contributed by atoms with van der Waals surface area (Å²) in [5.41, 5.74) is 1.14. The minimum atomic E-state index is -0.0580. The molecule has 1 aliphatic rings. The first kappa shape index (κ1) is 21.7. The summed E-state index contributed by atoms with van der Waals surface area (Å²) in [4.78, 5) is 8.72. The number of guanidine groups is 1. The lowest BCUT2D eigenvalue weighted by atomic mass is 9.74.